The topological polar surface area (TPSA) is 75.2 Å². The van der Waals surface area contributed by atoms with Gasteiger partial charge in [0.05, 0.1) is 0 Å². The molecule has 1 aliphatic rings. The molecule has 166 valence electrons. The van der Waals surface area contributed by atoms with E-state index in [1.165, 1.54) is 0 Å². The fraction of sp³-hybridized carbons (Fsp3) is 0.900. The van der Waals surface area contributed by atoms with E-state index in [0.717, 1.165) is 64.6 Å². The van der Waals surface area contributed by atoms with Gasteiger partial charge >= 0.3 is 6.09 Å². The molecule has 1 rings (SSSR count). The first kappa shape index (κ1) is 27.2. The molecule has 1 amide bonds. The number of halogens is 1. The zero-order chi connectivity index (χ0) is 20.3. The second-order valence-electron chi connectivity index (χ2n) is 8.61. The molecule has 0 unspecified atom stereocenters. The molecule has 0 bridgehead atoms. The first-order valence-electron chi connectivity index (χ1n) is 10.2. The molecule has 0 aromatic carbocycles. The molecule has 2 N–H and O–H groups in total. The van der Waals surface area contributed by atoms with Crippen LogP contribution in [0.3, 0.4) is 0 Å². The number of hydrogen-bond acceptors (Lipinski definition) is 4. The summed E-state index contributed by atoms with van der Waals surface area (Å²) >= 11 is 0. The standard InChI is InChI=1S/C20H40N4O3.HI/c1-16(2)15-26-13-7-10-22-18(21-6)23-14-17-8-11-24(12-9-17)19(25)27-20(3,4)5;/h16-17H,7-15H2,1-6H3,(H2,21,22,23);1H. The third-order valence-electron chi connectivity index (χ3n) is 4.26. The number of carbonyl (C=O) groups is 1. The molecule has 0 aliphatic carbocycles. The van der Waals surface area contributed by atoms with Crippen LogP contribution in [0, 0.1) is 11.8 Å². The predicted molar refractivity (Wildman–Crippen MR) is 126 cm³/mol. The van der Waals surface area contributed by atoms with Crippen molar-refractivity contribution < 1.29 is 14.3 Å². The highest BCUT2D eigenvalue weighted by molar-refractivity contribution is 14.0. The van der Waals surface area contributed by atoms with Crippen molar-refractivity contribution in [3.63, 3.8) is 0 Å². The van der Waals surface area contributed by atoms with E-state index < -0.39 is 5.60 Å². The van der Waals surface area contributed by atoms with Crippen LogP contribution < -0.4 is 10.6 Å². The van der Waals surface area contributed by atoms with Crippen LogP contribution in [0.4, 0.5) is 4.79 Å². The molecule has 0 spiro atoms. The van der Waals surface area contributed by atoms with Gasteiger partial charge in [-0.1, -0.05) is 13.8 Å². The normalized spacial score (nSPS) is 16.0. The molecular formula is C20H41IN4O3. The second kappa shape index (κ2) is 14.3. The predicted octanol–water partition coefficient (Wildman–Crippen LogP) is 3.48. The summed E-state index contributed by atoms with van der Waals surface area (Å²) < 4.78 is 11.0. The Morgan fingerprint density at radius 2 is 1.86 bits per heavy atom. The number of hydrogen-bond donors (Lipinski definition) is 2. The number of carbonyl (C=O) groups excluding carboxylic acids is 1. The summed E-state index contributed by atoms with van der Waals surface area (Å²) in [7, 11) is 1.79. The van der Waals surface area contributed by atoms with Crippen molar-refractivity contribution in [3.8, 4) is 0 Å². The summed E-state index contributed by atoms with van der Waals surface area (Å²) in [6.07, 6.45) is 2.71. The van der Waals surface area contributed by atoms with E-state index in [4.69, 9.17) is 9.47 Å². The third kappa shape index (κ3) is 12.6. The Kier molecular flexibility index (Phi) is 13.9. The Hall–Kier alpha value is -0.770. The Morgan fingerprint density at radius 3 is 2.39 bits per heavy atom. The highest BCUT2D eigenvalue weighted by Crippen LogP contribution is 2.19. The molecule has 0 aromatic rings. The summed E-state index contributed by atoms with van der Waals surface area (Å²) in [4.78, 5) is 18.2. The maximum absolute atomic E-state index is 12.1. The van der Waals surface area contributed by atoms with E-state index >= 15 is 0 Å². The summed E-state index contributed by atoms with van der Waals surface area (Å²) in [6.45, 7) is 14.8. The zero-order valence-electron chi connectivity index (χ0n) is 18.5. The van der Waals surface area contributed by atoms with Gasteiger partial charge in [0, 0.05) is 46.4 Å². The van der Waals surface area contributed by atoms with Crippen LogP contribution in [-0.2, 0) is 9.47 Å². The van der Waals surface area contributed by atoms with Gasteiger partial charge in [-0.3, -0.25) is 4.99 Å². The molecule has 1 fully saturated rings. The number of ether oxygens (including phenoxy) is 2. The van der Waals surface area contributed by atoms with Gasteiger partial charge in [-0.15, -0.1) is 24.0 Å². The minimum absolute atomic E-state index is 0. The fourth-order valence-electron chi connectivity index (χ4n) is 2.81. The van der Waals surface area contributed by atoms with Crippen LogP contribution in [-0.4, -0.2) is 69.0 Å². The molecule has 0 saturated carbocycles. The molecule has 0 aromatic heterocycles. The van der Waals surface area contributed by atoms with E-state index in [1.807, 2.05) is 25.7 Å². The molecule has 1 saturated heterocycles. The van der Waals surface area contributed by atoms with Gasteiger partial charge in [0.1, 0.15) is 5.60 Å². The monoisotopic (exact) mass is 512 g/mol. The summed E-state index contributed by atoms with van der Waals surface area (Å²) in [5, 5.41) is 6.72. The van der Waals surface area contributed by atoms with Crippen LogP contribution >= 0.6 is 24.0 Å². The highest BCUT2D eigenvalue weighted by Gasteiger charge is 2.26. The van der Waals surface area contributed by atoms with Gasteiger partial charge < -0.3 is 25.0 Å². The van der Waals surface area contributed by atoms with Crippen molar-refractivity contribution in [2.24, 2.45) is 16.8 Å². The summed E-state index contributed by atoms with van der Waals surface area (Å²) in [5.41, 5.74) is -0.437. The third-order valence-corrected chi connectivity index (χ3v) is 4.26. The summed E-state index contributed by atoms with van der Waals surface area (Å²) in [5.74, 6) is 1.94. The second-order valence-corrected chi connectivity index (χ2v) is 8.61. The van der Waals surface area contributed by atoms with Crippen molar-refractivity contribution in [3.05, 3.63) is 0 Å². The number of piperidine rings is 1. The molecule has 1 heterocycles. The van der Waals surface area contributed by atoms with Gasteiger partial charge in [-0.25, -0.2) is 4.79 Å². The maximum atomic E-state index is 12.1. The maximum Gasteiger partial charge on any atom is 0.410 e. The number of aliphatic imine (C=N–C) groups is 1. The van der Waals surface area contributed by atoms with E-state index in [1.54, 1.807) is 7.05 Å². The molecule has 1 aliphatic heterocycles. The Balaban J connectivity index is 0.00000729. The van der Waals surface area contributed by atoms with Crippen molar-refractivity contribution in [2.45, 2.75) is 59.5 Å². The lowest BCUT2D eigenvalue weighted by atomic mass is 9.97. The number of rotatable bonds is 8. The lowest BCUT2D eigenvalue weighted by Crippen LogP contribution is -2.45. The van der Waals surface area contributed by atoms with Crippen molar-refractivity contribution >= 4 is 36.0 Å². The Labute approximate surface area is 188 Å². The lowest BCUT2D eigenvalue weighted by Gasteiger charge is -2.33. The van der Waals surface area contributed by atoms with Crippen molar-refractivity contribution in [2.75, 3.05) is 46.4 Å². The largest absolute Gasteiger partial charge is 0.444 e. The zero-order valence-corrected chi connectivity index (χ0v) is 20.9. The minimum atomic E-state index is -0.437. The number of guanidine groups is 1. The van der Waals surface area contributed by atoms with Crippen LogP contribution in [0.1, 0.15) is 53.9 Å². The smallest absolute Gasteiger partial charge is 0.410 e. The highest BCUT2D eigenvalue weighted by atomic mass is 127. The van der Waals surface area contributed by atoms with Gasteiger partial charge in [0.2, 0.25) is 0 Å². The van der Waals surface area contributed by atoms with Crippen molar-refractivity contribution in [1.29, 1.82) is 0 Å². The Morgan fingerprint density at radius 1 is 1.21 bits per heavy atom. The van der Waals surface area contributed by atoms with Crippen LogP contribution in [0.5, 0.6) is 0 Å². The lowest BCUT2D eigenvalue weighted by molar-refractivity contribution is 0.0185. The molecule has 0 radical (unpaired) electrons. The quantitative estimate of drug-likeness (QED) is 0.226. The summed E-state index contributed by atoms with van der Waals surface area (Å²) in [6, 6.07) is 0. The van der Waals surface area contributed by atoms with E-state index in [2.05, 4.69) is 29.5 Å². The van der Waals surface area contributed by atoms with Gasteiger partial charge in [0.25, 0.3) is 0 Å². The average molecular weight is 512 g/mol. The van der Waals surface area contributed by atoms with Crippen LogP contribution in [0.25, 0.3) is 0 Å². The first-order valence-corrected chi connectivity index (χ1v) is 10.2. The minimum Gasteiger partial charge on any atom is -0.444 e. The molecule has 7 nitrogen and oxygen atoms in total. The average Bonchev–Trinajstić information content (AvgIpc) is 2.59. The van der Waals surface area contributed by atoms with Gasteiger partial charge in [-0.2, -0.15) is 0 Å². The van der Waals surface area contributed by atoms with Gasteiger partial charge in [-0.05, 0) is 51.9 Å². The number of nitrogens with zero attached hydrogens (tertiary/aromatic N) is 2. The van der Waals surface area contributed by atoms with Crippen LogP contribution in [0.15, 0.2) is 4.99 Å². The fourth-order valence-corrected chi connectivity index (χ4v) is 2.81. The van der Waals surface area contributed by atoms with E-state index in [-0.39, 0.29) is 30.1 Å². The molecular weight excluding hydrogens is 471 g/mol. The van der Waals surface area contributed by atoms with E-state index in [9.17, 15) is 4.79 Å². The molecule has 28 heavy (non-hydrogen) atoms. The van der Waals surface area contributed by atoms with E-state index in [0.29, 0.717) is 11.8 Å². The molecule has 8 heteroatoms. The first-order chi connectivity index (χ1) is 12.7. The molecule has 0 atom stereocenters. The van der Waals surface area contributed by atoms with Gasteiger partial charge in [0.15, 0.2) is 5.96 Å². The Bertz CT molecular complexity index is 459. The number of likely N-dealkylation sites (tertiary alicyclic amines) is 1. The number of amides is 1. The van der Waals surface area contributed by atoms with Crippen LogP contribution in [0.2, 0.25) is 0 Å². The number of nitrogens with one attached hydrogen (secondary N) is 2. The van der Waals surface area contributed by atoms with Crippen molar-refractivity contribution in [1.82, 2.24) is 15.5 Å². The SMILES string of the molecule is CN=C(NCCCOCC(C)C)NCC1CCN(C(=O)OC(C)(C)C)CC1.I.